The van der Waals surface area contributed by atoms with Crippen molar-refractivity contribution in [1.29, 1.82) is 0 Å². The van der Waals surface area contributed by atoms with Gasteiger partial charge in [0.15, 0.2) is 0 Å². The molecule has 0 radical (unpaired) electrons. The number of anilines is 1. The number of hydrogen-bond donors (Lipinski definition) is 1. The minimum atomic E-state index is -0.375. The average molecular weight is 303 g/mol. The van der Waals surface area contributed by atoms with E-state index in [0.717, 1.165) is 48.0 Å². The van der Waals surface area contributed by atoms with Crippen LogP contribution in [0.4, 0.5) is 5.82 Å². The van der Waals surface area contributed by atoms with Gasteiger partial charge in [-0.05, 0) is 44.6 Å². The largest absolute Gasteiger partial charge is 0.387 e. The summed E-state index contributed by atoms with van der Waals surface area (Å²) >= 11 is 1.62. The number of nitrogens with zero attached hydrogens (tertiary/aromatic N) is 3. The molecule has 1 fully saturated rings. The number of aliphatic hydroxyl groups is 1. The van der Waals surface area contributed by atoms with Crippen molar-refractivity contribution in [2.24, 2.45) is 0 Å². The van der Waals surface area contributed by atoms with Gasteiger partial charge < -0.3 is 10.0 Å². The van der Waals surface area contributed by atoms with E-state index in [1.54, 1.807) is 11.3 Å². The maximum Gasteiger partial charge on any atom is 0.132 e. The third kappa shape index (κ3) is 3.24. The SMILES string of the molecule is Cc1cc(N2CCC[C@H]2C[C@@H](O)c2cccs2)nc(C)n1. The average Bonchev–Trinajstić information content (AvgIpc) is 3.08. The predicted octanol–water partition coefficient (Wildman–Crippen LogP) is 3.25. The highest BCUT2D eigenvalue weighted by Crippen LogP contribution is 2.32. The second kappa shape index (κ2) is 6.12. The van der Waals surface area contributed by atoms with E-state index in [2.05, 4.69) is 14.9 Å². The summed E-state index contributed by atoms with van der Waals surface area (Å²) in [5.74, 6) is 1.82. The number of aliphatic hydroxyl groups excluding tert-OH is 1. The molecule has 2 atom stereocenters. The van der Waals surface area contributed by atoms with E-state index in [1.807, 2.05) is 37.4 Å². The molecular formula is C16H21N3OS. The lowest BCUT2D eigenvalue weighted by molar-refractivity contribution is 0.161. The summed E-state index contributed by atoms with van der Waals surface area (Å²) in [6, 6.07) is 6.40. The summed E-state index contributed by atoms with van der Waals surface area (Å²) < 4.78 is 0. The fraction of sp³-hybridized carbons (Fsp3) is 0.500. The molecule has 5 heteroatoms. The Morgan fingerprint density at radius 3 is 3.00 bits per heavy atom. The zero-order valence-electron chi connectivity index (χ0n) is 12.5. The van der Waals surface area contributed by atoms with Crippen LogP contribution < -0.4 is 4.90 Å². The van der Waals surface area contributed by atoms with Crippen molar-refractivity contribution in [2.45, 2.75) is 45.3 Å². The molecule has 112 valence electrons. The van der Waals surface area contributed by atoms with Crippen molar-refractivity contribution in [3.05, 3.63) is 40.0 Å². The van der Waals surface area contributed by atoms with Crippen molar-refractivity contribution >= 4 is 17.2 Å². The minimum absolute atomic E-state index is 0.357. The van der Waals surface area contributed by atoms with E-state index in [0.29, 0.717) is 6.04 Å². The number of aryl methyl sites for hydroxylation is 2. The van der Waals surface area contributed by atoms with Crippen LogP contribution in [0.2, 0.25) is 0 Å². The van der Waals surface area contributed by atoms with Crippen LogP contribution in [0.15, 0.2) is 23.6 Å². The number of rotatable bonds is 4. The van der Waals surface area contributed by atoms with Crippen LogP contribution in [0, 0.1) is 13.8 Å². The topological polar surface area (TPSA) is 49.2 Å². The lowest BCUT2D eigenvalue weighted by atomic mass is 10.1. The van der Waals surface area contributed by atoms with E-state index in [9.17, 15) is 5.11 Å². The van der Waals surface area contributed by atoms with E-state index >= 15 is 0 Å². The summed E-state index contributed by atoms with van der Waals surface area (Å²) in [6.45, 7) is 4.95. The third-order valence-electron chi connectivity index (χ3n) is 3.99. The highest BCUT2D eigenvalue weighted by Gasteiger charge is 2.28. The quantitative estimate of drug-likeness (QED) is 0.942. The molecule has 21 heavy (non-hydrogen) atoms. The maximum atomic E-state index is 10.4. The van der Waals surface area contributed by atoms with Gasteiger partial charge in [0.2, 0.25) is 0 Å². The van der Waals surface area contributed by atoms with E-state index in [-0.39, 0.29) is 6.10 Å². The fourth-order valence-electron chi connectivity index (χ4n) is 3.08. The molecule has 0 saturated carbocycles. The molecule has 4 nitrogen and oxygen atoms in total. The second-order valence-electron chi connectivity index (χ2n) is 5.67. The Morgan fingerprint density at radius 1 is 1.43 bits per heavy atom. The highest BCUT2D eigenvalue weighted by atomic mass is 32.1. The van der Waals surface area contributed by atoms with Crippen molar-refractivity contribution in [1.82, 2.24) is 9.97 Å². The highest BCUT2D eigenvalue weighted by molar-refractivity contribution is 7.10. The zero-order chi connectivity index (χ0) is 14.8. The third-order valence-corrected chi connectivity index (χ3v) is 4.96. The van der Waals surface area contributed by atoms with Gasteiger partial charge in [-0.25, -0.2) is 9.97 Å². The summed E-state index contributed by atoms with van der Waals surface area (Å²) in [5, 5.41) is 12.4. The van der Waals surface area contributed by atoms with Crippen LogP contribution >= 0.6 is 11.3 Å². The molecule has 1 N–H and O–H groups in total. The first kappa shape index (κ1) is 14.5. The summed E-state index contributed by atoms with van der Waals surface area (Å²) in [6.07, 6.45) is 2.66. The van der Waals surface area contributed by atoms with Crippen LogP contribution in [-0.2, 0) is 0 Å². The molecule has 2 aromatic heterocycles. The van der Waals surface area contributed by atoms with Crippen LogP contribution in [-0.4, -0.2) is 27.7 Å². The van der Waals surface area contributed by atoms with Gasteiger partial charge in [0, 0.05) is 29.2 Å². The van der Waals surface area contributed by atoms with E-state index < -0.39 is 0 Å². The molecule has 1 aliphatic heterocycles. The van der Waals surface area contributed by atoms with Crippen LogP contribution in [0.25, 0.3) is 0 Å². The Bertz CT molecular complexity index is 579. The van der Waals surface area contributed by atoms with Crippen LogP contribution in [0.1, 0.15) is 41.8 Å². The Kier molecular flexibility index (Phi) is 4.22. The zero-order valence-corrected chi connectivity index (χ0v) is 13.3. The molecule has 0 aromatic carbocycles. The Labute approximate surface area is 129 Å². The Balaban J connectivity index is 1.76. The van der Waals surface area contributed by atoms with Gasteiger partial charge in [-0.2, -0.15) is 0 Å². The molecular weight excluding hydrogens is 282 g/mol. The molecule has 0 aliphatic carbocycles. The molecule has 1 aliphatic rings. The number of hydrogen-bond acceptors (Lipinski definition) is 5. The second-order valence-corrected chi connectivity index (χ2v) is 6.65. The first-order chi connectivity index (χ1) is 10.1. The molecule has 2 aromatic rings. The summed E-state index contributed by atoms with van der Waals surface area (Å²) in [4.78, 5) is 12.3. The molecule has 3 heterocycles. The van der Waals surface area contributed by atoms with Crippen LogP contribution in [0.3, 0.4) is 0 Å². The van der Waals surface area contributed by atoms with Gasteiger partial charge in [0.1, 0.15) is 11.6 Å². The lowest BCUT2D eigenvalue weighted by Gasteiger charge is -2.27. The van der Waals surface area contributed by atoms with Crippen molar-refractivity contribution < 1.29 is 5.11 Å². The minimum Gasteiger partial charge on any atom is -0.387 e. The fourth-order valence-corrected chi connectivity index (χ4v) is 3.81. The van der Waals surface area contributed by atoms with Crippen molar-refractivity contribution in [3.63, 3.8) is 0 Å². The van der Waals surface area contributed by atoms with Gasteiger partial charge in [-0.1, -0.05) is 6.07 Å². The molecule has 0 amide bonds. The van der Waals surface area contributed by atoms with Gasteiger partial charge in [0.25, 0.3) is 0 Å². The van der Waals surface area contributed by atoms with Gasteiger partial charge in [-0.15, -0.1) is 11.3 Å². The lowest BCUT2D eigenvalue weighted by Crippen LogP contribution is -2.31. The molecule has 0 bridgehead atoms. The van der Waals surface area contributed by atoms with Gasteiger partial charge >= 0.3 is 0 Å². The first-order valence-electron chi connectivity index (χ1n) is 7.44. The molecule has 0 unspecified atom stereocenters. The van der Waals surface area contributed by atoms with Crippen molar-refractivity contribution in [2.75, 3.05) is 11.4 Å². The van der Waals surface area contributed by atoms with E-state index in [1.165, 1.54) is 0 Å². The normalized spacial score (nSPS) is 20.0. The van der Waals surface area contributed by atoms with E-state index in [4.69, 9.17) is 0 Å². The number of aromatic nitrogens is 2. The standard InChI is InChI=1S/C16H21N3OS/c1-11-9-16(18-12(2)17-11)19-7-3-5-13(19)10-14(20)15-6-4-8-21-15/h4,6,8-9,13-14,20H,3,5,7,10H2,1-2H3/t13-,14+/m0/s1. The molecule has 1 saturated heterocycles. The smallest absolute Gasteiger partial charge is 0.132 e. The van der Waals surface area contributed by atoms with Crippen LogP contribution in [0.5, 0.6) is 0 Å². The molecule has 3 rings (SSSR count). The predicted molar refractivity (Wildman–Crippen MR) is 85.8 cm³/mol. The molecule has 0 spiro atoms. The van der Waals surface area contributed by atoms with Gasteiger partial charge in [-0.3, -0.25) is 0 Å². The maximum absolute atomic E-state index is 10.4. The Hall–Kier alpha value is -1.46. The van der Waals surface area contributed by atoms with Gasteiger partial charge in [0.05, 0.1) is 6.10 Å². The summed E-state index contributed by atoms with van der Waals surface area (Å²) in [7, 11) is 0. The number of thiophene rings is 1. The van der Waals surface area contributed by atoms with Crippen molar-refractivity contribution in [3.8, 4) is 0 Å². The summed E-state index contributed by atoms with van der Waals surface area (Å²) in [5.41, 5.74) is 1.00. The first-order valence-corrected chi connectivity index (χ1v) is 8.32. The monoisotopic (exact) mass is 303 g/mol. The Morgan fingerprint density at radius 2 is 2.29 bits per heavy atom.